The maximum absolute atomic E-state index is 12.7. The van der Waals surface area contributed by atoms with E-state index in [1.54, 1.807) is 11.1 Å². The quantitative estimate of drug-likeness (QED) is 0.621. The van der Waals surface area contributed by atoms with E-state index < -0.39 is 0 Å². The van der Waals surface area contributed by atoms with E-state index in [2.05, 4.69) is 24.0 Å². The van der Waals surface area contributed by atoms with Gasteiger partial charge in [-0.3, -0.25) is 9.36 Å². The Morgan fingerprint density at radius 3 is 2.56 bits per heavy atom. The molecule has 1 amide bonds. The van der Waals surface area contributed by atoms with E-state index in [1.165, 1.54) is 17.3 Å². The number of aromatic nitrogens is 2. The number of benzene rings is 2. The van der Waals surface area contributed by atoms with E-state index in [1.807, 2.05) is 60.2 Å². The smallest absolute Gasteiger partial charge is 0.237 e. The molecule has 1 heterocycles. The molecular weight excluding hydrogens is 330 g/mol. The average Bonchev–Trinajstić information content (AvgIpc) is 3.10. The molecule has 0 atom stereocenters. The summed E-state index contributed by atoms with van der Waals surface area (Å²) in [6.07, 6.45) is 3.71. The molecule has 0 unspecified atom stereocenters. The summed E-state index contributed by atoms with van der Waals surface area (Å²) in [6, 6.07) is 17.9. The van der Waals surface area contributed by atoms with Crippen LogP contribution in [0.5, 0.6) is 0 Å². The number of anilines is 1. The Morgan fingerprint density at radius 2 is 1.84 bits per heavy atom. The minimum atomic E-state index is 0.0815. The first-order chi connectivity index (χ1) is 12.2. The molecule has 0 fully saturated rings. The van der Waals surface area contributed by atoms with E-state index >= 15 is 0 Å². The van der Waals surface area contributed by atoms with Crippen molar-refractivity contribution in [2.45, 2.75) is 19.0 Å². The fourth-order valence-corrected chi connectivity index (χ4v) is 3.57. The van der Waals surface area contributed by atoms with Crippen LogP contribution in [0, 0.1) is 6.92 Å². The zero-order chi connectivity index (χ0) is 17.6. The van der Waals surface area contributed by atoms with E-state index in [9.17, 15) is 4.79 Å². The van der Waals surface area contributed by atoms with Crippen LogP contribution in [0.15, 0.2) is 72.1 Å². The number of rotatable bonds is 6. The normalized spacial score (nSPS) is 10.6. The highest BCUT2D eigenvalue weighted by molar-refractivity contribution is 7.99. The van der Waals surface area contributed by atoms with E-state index in [4.69, 9.17) is 0 Å². The number of hydrogen-bond donors (Lipinski definition) is 0. The molecule has 0 aliphatic heterocycles. The summed E-state index contributed by atoms with van der Waals surface area (Å²) in [7, 11) is 0. The fourth-order valence-electron chi connectivity index (χ4n) is 2.73. The lowest BCUT2D eigenvalue weighted by molar-refractivity contribution is -0.116. The zero-order valence-corrected chi connectivity index (χ0v) is 15.2. The SMILES string of the molecule is CCN(C(=O)CSc1nccn1-c1ccccc1C)c1ccccc1. The Bertz CT molecular complexity index is 845. The molecule has 0 aliphatic rings. The molecule has 0 saturated heterocycles. The predicted molar refractivity (Wildman–Crippen MR) is 103 cm³/mol. The molecule has 4 nitrogen and oxygen atoms in total. The molecule has 25 heavy (non-hydrogen) atoms. The summed E-state index contributed by atoms with van der Waals surface area (Å²) >= 11 is 1.46. The number of carbonyl (C=O) groups excluding carboxylic acids is 1. The second-order valence-electron chi connectivity index (χ2n) is 5.63. The molecule has 2 aromatic carbocycles. The van der Waals surface area contributed by atoms with Gasteiger partial charge >= 0.3 is 0 Å². The number of thioether (sulfide) groups is 1. The standard InChI is InChI=1S/C20H21N3OS/c1-3-22(17-10-5-4-6-11-17)19(24)15-25-20-21-13-14-23(20)18-12-8-7-9-16(18)2/h4-14H,3,15H2,1-2H3. The van der Waals surface area contributed by atoms with Crippen molar-refractivity contribution in [1.29, 1.82) is 0 Å². The largest absolute Gasteiger partial charge is 0.312 e. The van der Waals surface area contributed by atoms with Crippen molar-refractivity contribution in [2.24, 2.45) is 0 Å². The number of aryl methyl sites for hydroxylation is 1. The topological polar surface area (TPSA) is 38.1 Å². The zero-order valence-electron chi connectivity index (χ0n) is 14.4. The van der Waals surface area contributed by atoms with E-state index in [0.29, 0.717) is 12.3 Å². The second-order valence-corrected chi connectivity index (χ2v) is 6.57. The van der Waals surface area contributed by atoms with Crippen LogP contribution >= 0.6 is 11.8 Å². The van der Waals surface area contributed by atoms with Crippen LogP contribution in [-0.2, 0) is 4.79 Å². The molecule has 0 saturated carbocycles. The van der Waals surface area contributed by atoms with Crippen molar-refractivity contribution in [1.82, 2.24) is 9.55 Å². The number of carbonyl (C=O) groups is 1. The van der Waals surface area contributed by atoms with Gasteiger partial charge in [0.05, 0.1) is 11.4 Å². The lowest BCUT2D eigenvalue weighted by Gasteiger charge is -2.20. The molecule has 1 aromatic heterocycles. The molecule has 0 bridgehead atoms. The van der Waals surface area contributed by atoms with Crippen LogP contribution < -0.4 is 4.90 Å². The Kier molecular flexibility index (Phi) is 5.56. The van der Waals surface area contributed by atoms with Crippen LogP contribution in [0.2, 0.25) is 0 Å². The average molecular weight is 351 g/mol. The highest BCUT2D eigenvalue weighted by Crippen LogP contribution is 2.23. The minimum Gasteiger partial charge on any atom is -0.312 e. The lowest BCUT2D eigenvalue weighted by Crippen LogP contribution is -2.32. The van der Waals surface area contributed by atoms with Crippen molar-refractivity contribution in [3.8, 4) is 5.69 Å². The molecule has 0 radical (unpaired) electrons. The van der Waals surface area contributed by atoms with E-state index in [0.717, 1.165) is 16.5 Å². The van der Waals surface area contributed by atoms with Gasteiger partial charge in [0.1, 0.15) is 0 Å². The van der Waals surface area contributed by atoms with Gasteiger partial charge in [0.15, 0.2) is 5.16 Å². The summed E-state index contributed by atoms with van der Waals surface area (Å²) in [5.74, 6) is 0.434. The van der Waals surface area contributed by atoms with Gasteiger partial charge in [-0.2, -0.15) is 0 Å². The number of amides is 1. The summed E-state index contributed by atoms with van der Waals surface area (Å²) < 4.78 is 2.03. The number of para-hydroxylation sites is 2. The Hall–Kier alpha value is -2.53. The van der Waals surface area contributed by atoms with Gasteiger partial charge in [-0.05, 0) is 37.6 Å². The first kappa shape index (κ1) is 17.3. The highest BCUT2D eigenvalue weighted by Gasteiger charge is 2.16. The third kappa shape index (κ3) is 3.94. The molecule has 5 heteroatoms. The van der Waals surface area contributed by atoms with Crippen LogP contribution in [0.25, 0.3) is 5.69 Å². The van der Waals surface area contributed by atoms with Gasteiger partial charge in [-0.15, -0.1) is 0 Å². The Morgan fingerprint density at radius 1 is 1.12 bits per heavy atom. The first-order valence-electron chi connectivity index (χ1n) is 8.28. The summed E-state index contributed by atoms with van der Waals surface area (Å²) in [4.78, 5) is 18.9. The molecular formula is C20H21N3OS. The van der Waals surface area contributed by atoms with E-state index in [-0.39, 0.29) is 5.91 Å². The lowest BCUT2D eigenvalue weighted by atomic mass is 10.2. The molecule has 3 rings (SSSR count). The van der Waals surface area contributed by atoms with Crippen molar-refractivity contribution in [3.05, 3.63) is 72.6 Å². The van der Waals surface area contributed by atoms with Crippen LogP contribution in [0.3, 0.4) is 0 Å². The van der Waals surface area contributed by atoms with Gasteiger partial charge in [0.2, 0.25) is 5.91 Å². The maximum Gasteiger partial charge on any atom is 0.237 e. The van der Waals surface area contributed by atoms with Gasteiger partial charge < -0.3 is 4.90 Å². The molecule has 128 valence electrons. The van der Waals surface area contributed by atoms with Crippen LogP contribution in [-0.4, -0.2) is 27.8 Å². The van der Waals surface area contributed by atoms with Crippen molar-refractivity contribution in [3.63, 3.8) is 0 Å². The summed E-state index contributed by atoms with van der Waals surface area (Å²) in [5, 5.41) is 0.826. The number of imidazole rings is 1. The van der Waals surface area contributed by atoms with Gasteiger partial charge in [-0.1, -0.05) is 48.2 Å². The number of hydrogen-bond acceptors (Lipinski definition) is 3. The highest BCUT2D eigenvalue weighted by atomic mass is 32.2. The van der Waals surface area contributed by atoms with Gasteiger partial charge in [-0.25, -0.2) is 4.98 Å². The fraction of sp³-hybridized carbons (Fsp3) is 0.200. The summed E-state index contributed by atoms with van der Waals surface area (Å²) in [5.41, 5.74) is 3.19. The van der Waals surface area contributed by atoms with Crippen molar-refractivity contribution in [2.75, 3.05) is 17.2 Å². The van der Waals surface area contributed by atoms with Gasteiger partial charge in [0, 0.05) is 24.6 Å². The molecule has 3 aromatic rings. The Balaban J connectivity index is 1.73. The minimum absolute atomic E-state index is 0.0815. The monoisotopic (exact) mass is 351 g/mol. The predicted octanol–water partition coefficient (Wildman–Crippen LogP) is 4.33. The first-order valence-corrected chi connectivity index (χ1v) is 9.27. The molecule has 0 aliphatic carbocycles. The number of nitrogens with zero attached hydrogens (tertiary/aromatic N) is 3. The third-order valence-corrected chi connectivity index (χ3v) is 4.94. The van der Waals surface area contributed by atoms with Crippen LogP contribution in [0.1, 0.15) is 12.5 Å². The summed E-state index contributed by atoms with van der Waals surface area (Å²) in [6.45, 7) is 4.71. The molecule has 0 spiro atoms. The van der Waals surface area contributed by atoms with Crippen LogP contribution in [0.4, 0.5) is 5.69 Å². The van der Waals surface area contributed by atoms with Crippen molar-refractivity contribution >= 4 is 23.4 Å². The Labute approximate surface area is 152 Å². The second kappa shape index (κ2) is 8.03. The maximum atomic E-state index is 12.7. The van der Waals surface area contributed by atoms with Crippen molar-refractivity contribution < 1.29 is 4.79 Å². The molecule has 0 N–H and O–H groups in total. The third-order valence-electron chi connectivity index (χ3n) is 3.99. The van der Waals surface area contributed by atoms with Gasteiger partial charge in [0.25, 0.3) is 0 Å².